The predicted octanol–water partition coefficient (Wildman–Crippen LogP) is 15.2. The second kappa shape index (κ2) is 45.3. The molecule has 0 aliphatic carbocycles. The van der Waals surface area contributed by atoms with E-state index in [1.807, 2.05) is 6.08 Å². The second-order valence-corrected chi connectivity index (χ2v) is 16.5. The molecule has 2 atom stereocenters. The molecule has 0 saturated carbocycles. The minimum Gasteiger partial charge on any atom is -0.394 e. The third-order valence-electron chi connectivity index (χ3n) is 11.2. The van der Waals surface area contributed by atoms with Gasteiger partial charge in [0.15, 0.2) is 0 Å². The first-order chi connectivity index (χ1) is 26.2. The summed E-state index contributed by atoms with van der Waals surface area (Å²) in [6.45, 7) is 4.31. The molecule has 4 nitrogen and oxygen atoms in total. The van der Waals surface area contributed by atoms with E-state index in [0.29, 0.717) is 6.42 Å². The molecule has 0 saturated heterocycles. The van der Waals surface area contributed by atoms with E-state index < -0.39 is 12.1 Å². The van der Waals surface area contributed by atoms with Crippen LogP contribution < -0.4 is 5.32 Å². The molecule has 314 valence electrons. The van der Waals surface area contributed by atoms with E-state index in [1.165, 1.54) is 212 Å². The molecular formula is C49H95NO3. The summed E-state index contributed by atoms with van der Waals surface area (Å²) >= 11 is 0. The number of unbranched alkanes of at least 4 members (excludes halogenated alkanes) is 35. The standard InChI is InChI=1S/C49H95NO3/c1-3-5-7-9-11-13-15-17-18-19-20-21-22-23-24-25-26-27-28-29-30-31-32-33-34-36-38-40-42-44-48(52)47(46-51)50-49(53)45-43-41-39-37-35-16-14-12-10-8-6-4-2/h34,36,42,44,47-48,51-52H,3-33,35,37-41,43,45-46H2,1-2H3,(H,50,53)/b36-34+,44-42+. The average molecular weight is 746 g/mol. The Morgan fingerprint density at radius 1 is 0.434 bits per heavy atom. The Kier molecular flexibility index (Phi) is 44.3. The molecule has 4 heteroatoms. The summed E-state index contributed by atoms with van der Waals surface area (Å²) in [6, 6.07) is -0.634. The summed E-state index contributed by atoms with van der Waals surface area (Å²) in [5.41, 5.74) is 0. The van der Waals surface area contributed by atoms with Crippen LogP contribution in [0.3, 0.4) is 0 Å². The van der Waals surface area contributed by atoms with Crippen LogP contribution in [0, 0.1) is 0 Å². The van der Waals surface area contributed by atoms with Gasteiger partial charge in [0.25, 0.3) is 0 Å². The quantitative estimate of drug-likeness (QED) is 0.0430. The van der Waals surface area contributed by atoms with Crippen molar-refractivity contribution in [1.29, 1.82) is 0 Å². The van der Waals surface area contributed by atoms with Crippen molar-refractivity contribution in [1.82, 2.24) is 5.32 Å². The highest BCUT2D eigenvalue weighted by Crippen LogP contribution is 2.16. The number of carbonyl (C=O) groups is 1. The monoisotopic (exact) mass is 746 g/mol. The van der Waals surface area contributed by atoms with E-state index in [1.54, 1.807) is 6.08 Å². The number of hydrogen-bond donors (Lipinski definition) is 3. The molecule has 0 heterocycles. The van der Waals surface area contributed by atoms with Crippen LogP contribution in [-0.2, 0) is 4.79 Å². The van der Waals surface area contributed by atoms with Crippen LogP contribution in [-0.4, -0.2) is 34.9 Å². The lowest BCUT2D eigenvalue weighted by atomic mass is 10.0. The van der Waals surface area contributed by atoms with Crippen molar-refractivity contribution in [2.24, 2.45) is 0 Å². The predicted molar refractivity (Wildman–Crippen MR) is 235 cm³/mol. The molecule has 2 unspecified atom stereocenters. The van der Waals surface area contributed by atoms with Crippen LogP contribution in [0.2, 0.25) is 0 Å². The summed E-state index contributed by atoms with van der Waals surface area (Å²) in [5.74, 6) is -0.0721. The van der Waals surface area contributed by atoms with Gasteiger partial charge in [0.1, 0.15) is 0 Å². The number of allylic oxidation sites excluding steroid dienone is 3. The number of carbonyl (C=O) groups excluding carboxylic acids is 1. The molecule has 0 aliphatic heterocycles. The Bertz CT molecular complexity index is 765. The van der Waals surface area contributed by atoms with E-state index in [2.05, 4.69) is 31.3 Å². The number of hydrogen-bond acceptors (Lipinski definition) is 3. The second-order valence-electron chi connectivity index (χ2n) is 16.5. The number of aliphatic hydroxyl groups excluding tert-OH is 2. The van der Waals surface area contributed by atoms with Crippen molar-refractivity contribution in [2.45, 2.75) is 276 Å². The van der Waals surface area contributed by atoms with Crippen molar-refractivity contribution in [3.63, 3.8) is 0 Å². The van der Waals surface area contributed by atoms with Gasteiger partial charge in [-0.15, -0.1) is 0 Å². The highest BCUT2D eigenvalue weighted by Gasteiger charge is 2.17. The van der Waals surface area contributed by atoms with Crippen LogP contribution in [0.1, 0.15) is 264 Å². The smallest absolute Gasteiger partial charge is 0.220 e. The molecule has 3 N–H and O–H groups in total. The lowest BCUT2D eigenvalue weighted by molar-refractivity contribution is -0.123. The van der Waals surface area contributed by atoms with Gasteiger partial charge in [-0.3, -0.25) is 4.79 Å². The van der Waals surface area contributed by atoms with E-state index in [-0.39, 0.29) is 12.5 Å². The summed E-state index contributed by atoms with van der Waals surface area (Å²) in [4.78, 5) is 12.3. The zero-order chi connectivity index (χ0) is 38.6. The lowest BCUT2D eigenvalue weighted by Gasteiger charge is -2.19. The largest absolute Gasteiger partial charge is 0.394 e. The summed E-state index contributed by atoms with van der Waals surface area (Å²) in [6.07, 6.45) is 58.9. The van der Waals surface area contributed by atoms with Gasteiger partial charge >= 0.3 is 0 Å². The fourth-order valence-corrected chi connectivity index (χ4v) is 7.49. The van der Waals surface area contributed by atoms with Crippen molar-refractivity contribution < 1.29 is 15.0 Å². The third-order valence-corrected chi connectivity index (χ3v) is 11.2. The summed E-state index contributed by atoms with van der Waals surface area (Å²) < 4.78 is 0. The maximum Gasteiger partial charge on any atom is 0.220 e. The van der Waals surface area contributed by atoms with E-state index in [0.717, 1.165) is 32.1 Å². The molecular weight excluding hydrogens is 651 g/mol. The molecule has 0 spiro atoms. The first-order valence-corrected chi connectivity index (χ1v) is 24.1. The van der Waals surface area contributed by atoms with E-state index in [9.17, 15) is 15.0 Å². The normalized spacial score (nSPS) is 13.1. The molecule has 0 rings (SSSR count). The first-order valence-electron chi connectivity index (χ1n) is 24.1. The van der Waals surface area contributed by atoms with E-state index in [4.69, 9.17) is 0 Å². The van der Waals surface area contributed by atoms with Gasteiger partial charge in [-0.05, 0) is 32.1 Å². The molecule has 0 aromatic carbocycles. The molecule has 53 heavy (non-hydrogen) atoms. The lowest BCUT2D eigenvalue weighted by Crippen LogP contribution is -2.45. The van der Waals surface area contributed by atoms with Crippen molar-refractivity contribution in [3.05, 3.63) is 24.3 Å². The SMILES string of the molecule is CCCCCCCCCCCCCCCCCCCCCCCCC/C=C/CC/C=C/C(O)C(CO)NC(=O)CCCCCCCCCCCCCC. The highest BCUT2D eigenvalue weighted by molar-refractivity contribution is 5.76. The third kappa shape index (κ3) is 41.9. The Morgan fingerprint density at radius 2 is 0.736 bits per heavy atom. The van der Waals surface area contributed by atoms with Crippen molar-refractivity contribution in [2.75, 3.05) is 6.61 Å². The molecule has 0 aliphatic rings. The van der Waals surface area contributed by atoms with Crippen LogP contribution in [0.4, 0.5) is 0 Å². The van der Waals surface area contributed by atoms with Gasteiger partial charge in [-0.1, -0.05) is 250 Å². The number of rotatable bonds is 44. The van der Waals surface area contributed by atoms with Gasteiger partial charge in [0.05, 0.1) is 18.8 Å². The van der Waals surface area contributed by atoms with Crippen molar-refractivity contribution >= 4 is 5.91 Å². The van der Waals surface area contributed by atoms with Gasteiger partial charge in [0, 0.05) is 6.42 Å². The van der Waals surface area contributed by atoms with Gasteiger partial charge < -0.3 is 15.5 Å². The van der Waals surface area contributed by atoms with Gasteiger partial charge in [-0.2, -0.15) is 0 Å². The number of nitrogens with one attached hydrogen (secondary N) is 1. The van der Waals surface area contributed by atoms with Crippen LogP contribution in [0.5, 0.6) is 0 Å². The summed E-state index contributed by atoms with van der Waals surface area (Å²) in [5, 5.41) is 23.0. The van der Waals surface area contributed by atoms with Crippen LogP contribution in [0.25, 0.3) is 0 Å². The van der Waals surface area contributed by atoms with Crippen LogP contribution in [0.15, 0.2) is 24.3 Å². The Labute approximate surface area is 332 Å². The van der Waals surface area contributed by atoms with Gasteiger partial charge in [0.2, 0.25) is 5.91 Å². The molecule has 1 amide bonds. The Balaban J connectivity index is 3.49. The maximum absolute atomic E-state index is 12.3. The van der Waals surface area contributed by atoms with E-state index >= 15 is 0 Å². The topological polar surface area (TPSA) is 69.6 Å². The zero-order valence-corrected chi connectivity index (χ0v) is 36.1. The Morgan fingerprint density at radius 3 is 1.09 bits per heavy atom. The number of aliphatic hydroxyl groups is 2. The fraction of sp³-hybridized carbons (Fsp3) is 0.898. The van der Waals surface area contributed by atoms with Gasteiger partial charge in [-0.25, -0.2) is 0 Å². The zero-order valence-electron chi connectivity index (χ0n) is 36.1. The minimum absolute atomic E-state index is 0.0721. The molecule has 0 fully saturated rings. The highest BCUT2D eigenvalue weighted by atomic mass is 16.3. The molecule has 0 bridgehead atoms. The Hall–Kier alpha value is -1.13. The summed E-state index contributed by atoms with van der Waals surface area (Å²) in [7, 11) is 0. The number of amides is 1. The molecule has 0 aromatic heterocycles. The molecule has 0 aromatic rings. The minimum atomic E-state index is -0.858. The fourth-order valence-electron chi connectivity index (χ4n) is 7.49. The van der Waals surface area contributed by atoms with Crippen molar-refractivity contribution in [3.8, 4) is 0 Å². The molecule has 0 radical (unpaired) electrons. The van der Waals surface area contributed by atoms with Crippen LogP contribution >= 0.6 is 0 Å². The first kappa shape index (κ1) is 51.9. The maximum atomic E-state index is 12.3. The average Bonchev–Trinajstić information content (AvgIpc) is 3.16.